The average Bonchev–Trinajstić information content (AvgIpc) is 2.32. The molecule has 0 aromatic heterocycles. The molecule has 0 heterocycles. The Morgan fingerprint density at radius 3 is 2.58 bits per heavy atom. The highest BCUT2D eigenvalue weighted by Gasteiger charge is 2.15. The van der Waals surface area contributed by atoms with E-state index >= 15 is 0 Å². The van der Waals surface area contributed by atoms with Gasteiger partial charge in [0.15, 0.2) is 0 Å². The number of halogens is 2. The first-order valence-electron chi connectivity index (χ1n) is 5.62. The first-order valence-corrected chi connectivity index (χ1v) is 5.62. The smallest absolute Gasteiger partial charge is 0.313 e. The number of aliphatic hydroxyl groups excluding tert-OH is 1. The highest BCUT2D eigenvalue weighted by Crippen LogP contribution is 2.14. The quantitative estimate of drug-likeness (QED) is 0.709. The first-order chi connectivity index (χ1) is 8.90. The SMILES string of the molecule is CC(O)CCNC(=O)C(=O)Nc1ccc(F)cc1F. The summed E-state index contributed by atoms with van der Waals surface area (Å²) in [5.74, 6) is -3.76. The van der Waals surface area contributed by atoms with Crippen LogP contribution in [0.5, 0.6) is 0 Å². The van der Waals surface area contributed by atoms with Crippen LogP contribution in [0.3, 0.4) is 0 Å². The molecule has 0 fully saturated rings. The predicted molar refractivity (Wildman–Crippen MR) is 64.3 cm³/mol. The molecule has 1 aromatic carbocycles. The van der Waals surface area contributed by atoms with Crippen molar-refractivity contribution in [1.29, 1.82) is 0 Å². The third kappa shape index (κ3) is 5.01. The molecule has 0 spiro atoms. The van der Waals surface area contributed by atoms with Gasteiger partial charge in [0.25, 0.3) is 0 Å². The van der Waals surface area contributed by atoms with Gasteiger partial charge in [-0.15, -0.1) is 0 Å². The Labute approximate surface area is 108 Å². The molecule has 1 rings (SSSR count). The van der Waals surface area contributed by atoms with Crippen LogP contribution in [0.25, 0.3) is 0 Å². The van der Waals surface area contributed by atoms with Gasteiger partial charge in [-0.25, -0.2) is 8.78 Å². The normalized spacial score (nSPS) is 11.8. The van der Waals surface area contributed by atoms with Crippen LogP contribution in [0.4, 0.5) is 14.5 Å². The lowest BCUT2D eigenvalue weighted by Crippen LogP contribution is -2.36. The fourth-order valence-electron chi connectivity index (χ4n) is 1.24. The van der Waals surface area contributed by atoms with E-state index in [2.05, 4.69) is 5.32 Å². The number of carbonyl (C=O) groups is 2. The molecular formula is C12H14F2N2O3. The monoisotopic (exact) mass is 272 g/mol. The van der Waals surface area contributed by atoms with Crippen molar-refractivity contribution in [3.8, 4) is 0 Å². The minimum Gasteiger partial charge on any atom is -0.393 e. The van der Waals surface area contributed by atoms with E-state index in [1.165, 1.54) is 0 Å². The zero-order chi connectivity index (χ0) is 14.4. The zero-order valence-corrected chi connectivity index (χ0v) is 10.2. The van der Waals surface area contributed by atoms with Gasteiger partial charge in [-0.05, 0) is 25.5 Å². The summed E-state index contributed by atoms with van der Waals surface area (Å²) < 4.78 is 25.8. The Morgan fingerprint density at radius 1 is 1.32 bits per heavy atom. The molecule has 5 nitrogen and oxygen atoms in total. The Bertz CT molecular complexity index is 478. The topological polar surface area (TPSA) is 78.4 Å². The third-order valence-electron chi connectivity index (χ3n) is 2.23. The number of hydrogen-bond donors (Lipinski definition) is 3. The molecule has 0 saturated heterocycles. The lowest BCUT2D eigenvalue weighted by molar-refractivity contribution is -0.136. The van der Waals surface area contributed by atoms with Gasteiger partial charge in [0.2, 0.25) is 0 Å². The van der Waals surface area contributed by atoms with Gasteiger partial charge in [0, 0.05) is 12.6 Å². The molecule has 3 N–H and O–H groups in total. The van der Waals surface area contributed by atoms with Gasteiger partial charge in [-0.1, -0.05) is 0 Å². The molecule has 1 unspecified atom stereocenters. The van der Waals surface area contributed by atoms with Crippen LogP contribution in [0.1, 0.15) is 13.3 Å². The van der Waals surface area contributed by atoms with Gasteiger partial charge < -0.3 is 15.7 Å². The van der Waals surface area contributed by atoms with Gasteiger partial charge >= 0.3 is 11.8 Å². The number of aliphatic hydroxyl groups is 1. The second kappa shape index (κ2) is 6.79. The van der Waals surface area contributed by atoms with E-state index in [-0.39, 0.29) is 12.2 Å². The molecule has 0 aliphatic heterocycles. The summed E-state index contributed by atoms with van der Waals surface area (Å²) in [6.07, 6.45) is -0.304. The van der Waals surface area contributed by atoms with E-state index < -0.39 is 29.6 Å². The number of nitrogens with one attached hydrogen (secondary N) is 2. The molecule has 2 amide bonds. The number of carbonyl (C=O) groups excluding carboxylic acids is 2. The number of hydrogen-bond acceptors (Lipinski definition) is 3. The van der Waals surface area contributed by atoms with Crippen molar-refractivity contribution in [3.05, 3.63) is 29.8 Å². The van der Waals surface area contributed by atoms with E-state index in [9.17, 15) is 18.4 Å². The standard InChI is InChI=1S/C12H14F2N2O3/c1-7(17)4-5-15-11(18)12(19)16-10-3-2-8(13)6-9(10)14/h2-3,6-7,17H,4-5H2,1H3,(H,15,18)(H,16,19). The van der Waals surface area contributed by atoms with Crippen LogP contribution in [-0.2, 0) is 9.59 Å². The Kier molecular flexibility index (Phi) is 5.37. The summed E-state index contributed by atoms with van der Waals surface area (Å²) in [5.41, 5.74) is -0.280. The van der Waals surface area contributed by atoms with Crippen molar-refractivity contribution in [2.45, 2.75) is 19.4 Å². The molecule has 19 heavy (non-hydrogen) atoms. The van der Waals surface area contributed by atoms with Crippen LogP contribution >= 0.6 is 0 Å². The fraction of sp³-hybridized carbons (Fsp3) is 0.333. The van der Waals surface area contributed by atoms with Crippen LogP contribution in [-0.4, -0.2) is 29.6 Å². The minimum atomic E-state index is -1.06. The molecule has 0 aliphatic rings. The maximum atomic E-state index is 13.2. The molecule has 0 bridgehead atoms. The maximum Gasteiger partial charge on any atom is 0.313 e. The largest absolute Gasteiger partial charge is 0.393 e. The molecule has 0 saturated carbocycles. The van der Waals surface area contributed by atoms with Crippen LogP contribution in [0.15, 0.2) is 18.2 Å². The molecular weight excluding hydrogens is 258 g/mol. The lowest BCUT2D eigenvalue weighted by Gasteiger charge is -2.08. The molecule has 1 atom stereocenters. The highest BCUT2D eigenvalue weighted by atomic mass is 19.1. The highest BCUT2D eigenvalue weighted by molar-refractivity contribution is 6.39. The van der Waals surface area contributed by atoms with E-state index in [1.54, 1.807) is 6.92 Å². The van der Waals surface area contributed by atoms with E-state index in [0.29, 0.717) is 12.5 Å². The van der Waals surface area contributed by atoms with Crippen molar-refractivity contribution in [3.63, 3.8) is 0 Å². The second-order valence-corrected chi connectivity index (χ2v) is 3.97. The third-order valence-corrected chi connectivity index (χ3v) is 2.23. The summed E-state index contributed by atoms with van der Waals surface area (Å²) in [5, 5.41) is 13.2. The number of rotatable bonds is 4. The molecule has 7 heteroatoms. The van der Waals surface area contributed by atoms with Crippen molar-refractivity contribution < 1.29 is 23.5 Å². The van der Waals surface area contributed by atoms with Gasteiger partial charge in [-0.3, -0.25) is 9.59 Å². The zero-order valence-electron chi connectivity index (χ0n) is 10.2. The molecule has 1 aromatic rings. The first kappa shape index (κ1) is 15.0. The summed E-state index contributed by atoms with van der Waals surface area (Å²) in [6.45, 7) is 1.66. The molecule has 0 radical (unpaired) electrons. The van der Waals surface area contributed by atoms with E-state index in [1.807, 2.05) is 5.32 Å². The summed E-state index contributed by atoms with van der Waals surface area (Å²) in [7, 11) is 0. The summed E-state index contributed by atoms with van der Waals surface area (Å²) >= 11 is 0. The number of benzene rings is 1. The summed E-state index contributed by atoms with van der Waals surface area (Å²) in [4.78, 5) is 22.7. The number of anilines is 1. The van der Waals surface area contributed by atoms with E-state index in [4.69, 9.17) is 5.11 Å². The van der Waals surface area contributed by atoms with Crippen LogP contribution in [0, 0.1) is 11.6 Å². The summed E-state index contributed by atoms with van der Waals surface area (Å²) in [6, 6.07) is 2.58. The fourth-order valence-corrected chi connectivity index (χ4v) is 1.24. The van der Waals surface area contributed by atoms with Crippen molar-refractivity contribution in [1.82, 2.24) is 5.32 Å². The Balaban J connectivity index is 2.52. The van der Waals surface area contributed by atoms with Gasteiger partial charge in [0.05, 0.1) is 11.8 Å². The minimum absolute atomic E-state index is 0.121. The van der Waals surface area contributed by atoms with Crippen LogP contribution in [0.2, 0.25) is 0 Å². The predicted octanol–water partition coefficient (Wildman–Crippen LogP) is 0.790. The number of amides is 2. The average molecular weight is 272 g/mol. The Hall–Kier alpha value is -2.02. The molecule has 104 valence electrons. The van der Waals surface area contributed by atoms with Crippen molar-refractivity contribution in [2.24, 2.45) is 0 Å². The van der Waals surface area contributed by atoms with Crippen molar-refractivity contribution in [2.75, 3.05) is 11.9 Å². The van der Waals surface area contributed by atoms with Gasteiger partial charge in [-0.2, -0.15) is 0 Å². The van der Waals surface area contributed by atoms with Crippen molar-refractivity contribution >= 4 is 17.5 Å². The second-order valence-electron chi connectivity index (χ2n) is 3.97. The Morgan fingerprint density at radius 2 is 2.00 bits per heavy atom. The lowest BCUT2D eigenvalue weighted by atomic mass is 10.3. The molecule has 0 aliphatic carbocycles. The maximum absolute atomic E-state index is 13.2. The van der Waals surface area contributed by atoms with E-state index in [0.717, 1.165) is 12.1 Å². The van der Waals surface area contributed by atoms with Gasteiger partial charge in [0.1, 0.15) is 11.6 Å². The van der Waals surface area contributed by atoms with Crippen LogP contribution < -0.4 is 10.6 Å².